The predicted molar refractivity (Wildman–Crippen MR) is 77.7 cm³/mol. The third-order valence-corrected chi connectivity index (χ3v) is 3.89. The van der Waals surface area contributed by atoms with Gasteiger partial charge in [0.1, 0.15) is 11.6 Å². The zero-order valence-electron chi connectivity index (χ0n) is 12.0. The third kappa shape index (κ3) is 2.47. The van der Waals surface area contributed by atoms with Crippen LogP contribution in [0.25, 0.3) is 11.0 Å². The molecule has 0 saturated heterocycles. The molecule has 2 aromatic heterocycles. The van der Waals surface area contributed by atoms with Gasteiger partial charge in [0.05, 0.1) is 17.7 Å². The maximum atomic E-state index is 9.45. The van der Waals surface area contributed by atoms with Gasteiger partial charge in [-0.15, -0.1) is 0 Å². The van der Waals surface area contributed by atoms with E-state index >= 15 is 0 Å². The minimum atomic E-state index is -0.411. The van der Waals surface area contributed by atoms with Crippen LogP contribution in [0.4, 0.5) is 5.82 Å². The molecule has 6 heteroatoms. The molecular weight excluding hydrogens is 254 g/mol. The van der Waals surface area contributed by atoms with Gasteiger partial charge in [-0.3, -0.25) is 4.68 Å². The molecule has 2 aromatic rings. The molecule has 1 aliphatic rings. The third-order valence-electron chi connectivity index (χ3n) is 3.89. The molecular formula is C14H21N5O. The van der Waals surface area contributed by atoms with E-state index in [1.165, 1.54) is 25.7 Å². The first kappa shape index (κ1) is 13.3. The largest absolute Gasteiger partial charge is 0.392 e. The van der Waals surface area contributed by atoms with Gasteiger partial charge >= 0.3 is 0 Å². The number of hydrogen-bond donors (Lipinski definition) is 2. The highest BCUT2D eigenvalue weighted by Crippen LogP contribution is 2.33. The van der Waals surface area contributed by atoms with Crippen molar-refractivity contribution in [1.82, 2.24) is 19.7 Å². The molecule has 0 unspecified atom stereocenters. The van der Waals surface area contributed by atoms with Crippen molar-refractivity contribution in [2.24, 2.45) is 7.05 Å². The Hall–Kier alpha value is -1.69. The van der Waals surface area contributed by atoms with Crippen LogP contribution >= 0.6 is 0 Å². The fraction of sp³-hybridized carbons (Fsp3) is 0.643. The quantitative estimate of drug-likeness (QED) is 0.890. The molecule has 0 spiro atoms. The highest BCUT2D eigenvalue weighted by molar-refractivity contribution is 5.86. The molecule has 3 rings (SSSR count). The van der Waals surface area contributed by atoms with E-state index in [1.54, 1.807) is 17.8 Å². The van der Waals surface area contributed by atoms with Crippen molar-refractivity contribution in [3.63, 3.8) is 0 Å². The first-order chi connectivity index (χ1) is 9.65. The molecule has 2 N–H and O–H groups in total. The van der Waals surface area contributed by atoms with Crippen molar-refractivity contribution >= 4 is 16.9 Å². The van der Waals surface area contributed by atoms with Crippen molar-refractivity contribution in [2.45, 2.75) is 44.6 Å². The van der Waals surface area contributed by atoms with E-state index in [0.717, 1.165) is 22.7 Å². The Balaban J connectivity index is 2.01. The molecule has 0 radical (unpaired) electrons. The summed E-state index contributed by atoms with van der Waals surface area (Å²) in [5.41, 5.74) is 0.856. The van der Waals surface area contributed by atoms with Gasteiger partial charge in [-0.05, 0) is 19.8 Å². The Labute approximate surface area is 118 Å². The van der Waals surface area contributed by atoms with Crippen LogP contribution in [0.5, 0.6) is 0 Å². The minimum Gasteiger partial charge on any atom is -0.392 e. The molecule has 0 aliphatic heterocycles. The number of nitrogens with one attached hydrogen (secondary N) is 1. The van der Waals surface area contributed by atoms with E-state index < -0.39 is 6.10 Å². The van der Waals surface area contributed by atoms with Gasteiger partial charge in [0.2, 0.25) is 0 Å². The van der Waals surface area contributed by atoms with Gasteiger partial charge in [-0.1, -0.05) is 12.8 Å². The van der Waals surface area contributed by atoms with Crippen molar-refractivity contribution in [1.29, 1.82) is 0 Å². The number of aromatic nitrogens is 4. The van der Waals surface area contributed by atoms with Crippen LogP contribution in [0, 0.1) is 0 Å². The zero-order chi connectivity index (χ0) is 14.1. The second-order valence-electron chi connectivity index (χ2n) is 5.65. The average Bonchev–Trinajstić information content (AvgIpc) is 3.06. The lowest BCUT2D eigenvalue weighted by Gasteiger charge is -2.13. The van der Waals surface area contributed by atoms with E-state index in [2.05, 4.69) is 15.4 Å². The normalized spacial score (nSPS) is 17.8. The molecule has 1 fully saturated rings. The lowest BCUT2D eigenvalue weighted by atomic mass is 10.1. The summed E-state index contributed by atoms with van der Waals surface area (Å²) in [5, 5.41) is 17.8. The Bertz CT molecular complexity index is 601. The summed E-state index contributed by atoms with van der Waals surface area (Å²) in [7, 11) is 1.90. The topological polar surface area (TPSA) is 75.9 Å². The number of rotatable bonds is 4. The van der Waals surface area contributed by atoms with Gasteiger partial charge in [0, 0.05) is 19.5 Å². The molecule has 1 saturated carbocycles. The lowest BCUT2D eigenvalue weighted by molar-refractivity contribution is 0.208. The second-order valence-corrected chi connectivity index (χ2v) is 5.65. The molecule has 0 amide bonds. The van der Waals surface area contributed by atoms with Crippen LogP contribution in [0.15, 0.2) is 6.20 Å². The summed E-state index contributed by atoms with van der Waals surface area (Å²) in [4.78, 5) is 9.37. The molecule has 0 aromatic carbocycles. The van der Waals surface area contributed by atoms with Crippen LogP contribution < -0.4 is 5.32 Å². The Morgan fingerprint density at radius 3 is 2.85 bits per heavy atom. The monoisotopic (exact) mass is 275 g/mol. The average molecular weight is 275 g/mol. The summed E-state index contributed by atoms with van der Waals surface area (Å²) >= 11 is 0. The van der Waals surface area contributed by atoms with Gasteiger partial charge in [-0.25, -0.2) is 9.97 Å². The van der Waals surface area contributed by atoms with Crippen molar-refractivity contribution < 1.29 is 5.11 Å². The highest BCUT2D eigenvalue weighted by atomic mass is 16.3. The molecule has 1 aliphatic carbocycles. The molecule has 108 valence electrons. The maximum Gasteiger partial charge on any atom is 0.163 e. The molecule has 1 atom stereocenters. The molecule has 6 nitrogen and oxygen atoms in total. The summed E-state index contributed by atoms with van der Waals surface area (Å²) < 4.78 is 1.78. The van der Waals surface area contributed by atoms with Crippen LogP contribution in [-0.4, -0.2) is 37.5 Å². The summed E-state index contributed by atoms with van der Waals surface area (Å²) in [6.07, 6.45) is 6.21. The first-order valence-electron chi connectivity index (χ1n) is 7.26. The smallest absolute Gasteiger partial charge is 0.163 e. The number of anilines is 1. The molecule has 20 heavy (non-hydrogen) atoms. The van der Waals surface area contributed by atoms with Crippen molar-refractivity contribution in [3.8, 4) is 0 Å². The highest BCUT2D eigenvalue weighted by Gasteiger charge is 2.22. The van der Waals surface area contributed by atoms with E-state index in [-0.39, 0.29) is 0 Å². The first-order valence-corrected chi connectivity index (χ1v) is 7.26. The summed E-state index contributed by atoms with van der Waals surface area (Å²) in [5.74, 6) is 2.15. The SMILES string of the molecule is C[C@@H](O)CNc1nc(C2CCCC2)nc2c1cnn2C. The van der Waals surface area contributed by atoms with E-state index in [1.807, 2.05) is 7.05 Å². The van der Waals surface area contributed by atoms with Gasteiger partial charge in [0.15, 0.2) is 5.65 Å². The zero-order valence-corrected chi connectivity index (χ0v) is 12.0. The molecule has 0 bridgehead atoms. The number of nitrogens with zero attached hydrogens (tertiary/aromatic N) is 4. The standard InChI is InChI=1S/C14H21N5O/c1-9(20)7-15-13-11-8-16-19(2)14(11)18-12(17-13)10-5-3-4-6-10/h8-10,20H,3-7H2,1-2H3,(H,15,17,18)/t9-/m1/s1. The van der Waals surface area contributed by atoms with Gasteiger partial charge < -0.3 is 10.4 Å². The fourth-order valence-electron chi connectivity index (χ4n) is 2.78. The van der Waals surface area contributed by atoms with E-state index in [0.29, 0.717) is 12.5 Å². The summed E-state index contributed by atoms with van der Waals surface area (Å²) in [6, 6.07) is 0. The number of hydrogen-bond acceptors (Lipinski definition) is 5. The predicted octanol–water partition coefficient (Wildman–Crippen LogP) is 1.81. The van der Waals surface area contributed by atoms with Gasteiger partial charge in [0.25, 0.3) is 0 Å². The van der Waals surface area contributed by atoms with Crippen molar-refractivity contribution in [2.75, 3.05) is 11.9 Å². The Kier molecular flexibility index (Phi) is 3.56. The van der Waals surface area contributed by atoms with Crippen LogP contribution in [0.3, 0.4) is 0 Å². The second kappa shape index (κ2) is 5.36. The Morgan fingerprint density at radius 2 is 2.15 bits per heavy atom. The van der Waals surface area contributed by atoms with E-state index in [4.69, 9.17) is 4.98 Å². The number of aliphatic hydroxyl groups is 1. The lowest BCUT2D eigenvalue weighted by Crippen LogP contribution is -2.17. The Morgan fingerprint density at radius 1 is 1.40 bits per heavy atom. The fourth-order valence-corrected chi connectivity index (χ4v) is 2.78. The summed E-state index contributed by atoms with van der Waals surface area (Å²) in [6.45, 7) is 2.23. The van der Waals surface area contributed by atoms with Gasteiger partial charge in [-0.2, -0.15) is 5.10 Å². The number of aryl methyl sites for hydroxylation is 1. The van der Waals surface area contributed by atoms with Crippen molar-refractivity contribution in [3.05, 3.63) is 12.0 Å². The maximum absolute atomic E-state index is 9.45. The van der Waals surface area contributed by atoms with Crippen LogP contribution in [-0.2, 0) is 7.05 Å². The molecule has 2 heterocycles. The van der Waals surface area contributed by atoms with E-state index in [9.17, 15) is 5.11 Å². The minimum absolute atomic E-state index is 0.411. The number of aliphatic hydroxyl groups excluding tert-OH is 1. The van der Waals surface area contributed by atoms with Crippen LogP contribution in [0.2, 0.25) is 0 Å². The van der Waals surface area contributed by atoms with Crippen LogP contribution in [0.1, 0.15) is 44.3 Å². The number of fused-ring (bicyclic) bond motifs is 1.